The second-order valence-electron chi connectivity index (χ2n) is 6.42. The molecule has 1 unspecified atom stereocenters. The first kappa shape index (κ1) is 20.2. The number of likely N-dealkylation sites (N-methyl/N-ethyl adjacent to an activating group) is 2. The third-order valence-corrected chi connectivity index (χ3v) is 4.47. The van der Waals surface area contributed by atoms with E-state index >= 15 is 0 Å². The number of benzene rings is 1. The highest BCUT2D eigenvalue weighted by Crippen LogP contribution is 2.22. The minimum Gasteiger partial charge on any atom is -0.342 e. The smallest absolute Gasteiger partial charge is 0.241 e. The molecule has 1 aromatic rings. The van der Waals surface area contributed by atoms with Gasteiger partial charge in [-0.3, -0.25) is 14.5 Å². The van der Waals surface area contributed by atoms with Crippen molar-refractivity contribution in [3.63, 3.8) is 0 Å². The zero-order valence-corrected chi connectivity index (χ0v) is 16.1. The highest BCUT2D eigenvalue weighted by Gasteiger charge is 2.22. The Morgan fingerprint density at radius 1 is 1.08 bits per heavy atom. The molecule has 1 N–H and O–H groups in total. The fourth-order valence-corrected chi connectivity index (χ4v) is 2.83. The number of hydrogen-bond donors (Lipinski definition) is 1. The number of amides is 2. The van der Waals surface area contributed by atoms with Gasteiger partial charge in [0.1, 0.15) is 0 Å². The summed E-state index contributed by atoms with van der Waals surface area (Å²) in [6.45, 7) is 13.4. The molecule has 2 amide bonds. The van der Waals surface area contributed by atoms with Crippen molar-refractivity contribution in [2.45, 2.75) is 47.6 Å². The first-order chi connectivity index (χ1) is 11.2. The van der Waals surface area contributed by atoms with Gasteiger partial charge < -0.3 is 10.2 Å². The number of nitrogens with zero attached hydrogens (tertiary/aromatic N) is 2. The molecular weight excluding hydrogens is 302 g/mol. The SMILES string of the molecule is CCN(CC)C(=O)CN(C)C(C)C(=O)Nc1c(C)cc(C)cc1C. The van der Waals surface area contributed by atoms with Crippen molar-refractivity contribution < 1.29 is 9.59 Å². The zero-order chi connectivity index (χ0) is 18.4. The van der Waals surface area contributed by atoms with Gasteiger partial charge in [0, 0.05) is 18.8 Å². The van der Waals surface area contributed by atoms with Crippen molar-refractivity contribution in [3.05, 3.63) is 28.8 Å². The number of hydrogen-bond acceptors (Lipinski definition) is 3. The van der Waals surface area contributed by atoms with E-state index in [0.717, 1.165) is 16.8 Å². The summed E-state index contributed by atoms with van der Waals surface area (Å²) >= 11 is 0. The molecule has 5 heteroatoms. The van der Waals surface area contributed by atoms with Crippen molar-refractivity contribution in [1.82, 2.24) is 9.80 Å². The number of carbonyl (C=O) groups is 2. The van der Waals surface area contributed by atoms with E-state index in [9.17, 15) is 9.59 Å². The Hall–Kier alpha value is -1.88. The van der Waals surface area contributed by atoms with E-state index in [1.807, 2.05) is 41.5 Å². The maximum atomic E-state index is 12.6. The Kier molecular flexibility index (Phi) is 7.42. The van der Waals surface area contributed by atoms with Crippen molar-refractivity contribution in [1.29, 1.82) is 0 Å². The molecule has 0 aliphatic rings. The molecule has 0 saturated carbocycles. The van der Waals surface area contributed by atoms with E-state index in [1.54, 1.807) is 16.8 Å². The van der Waals surface area contributed by atoms with Crippen molar-refractivity contribution in [3.8, 4) is 0 Å². The van der Waals surface area contributed by atoms with Gasteiger partial charge in [-0.25, -0.2) is 0 Å². The van der Waals surface area contributed by atoms with Crippen LogP contribution in [0.1, 0.15) is 37.5 Å². The highest BCUT2D eigenvalue weighted by molar-refractivity contribution is 5.96. The van der Waals surface area contributed by atoms with Crippen molar-refractivity contribution in [2.24, 2.45) is 0 Å². The molecule has 0 spiro atoms. The molecule has 24 heavy (non-hydrogen) atoms. The topological polar surface area (TPSA) is 52.7 Å². The number of rotatable bonds is 7. The van der Waals surface area contributed by atoms with Gasteiger partial charge in [0.15, 0.2) is 0 Å². The van der Waals surface area contributed by atoms with Crippen LogP contribution in [-0.2, 0) is 9.59 Å². The Morgan fingerprint density at radius 2 is 1.58 bits per heavy atom. The average Bonchev–Trinajstić information content (AvgIpc) is 2.50. The van der Waals surface area contributed by atoms with Crippen molar-refractivity contribution in [2.75, 3.05) is 32.0 Å². The largest absolute Gasteiger partial charge is 0.342 e. The molecule has 0 aliphatic heterocycles. The molecule has 1 rings (SSSR count). The first-order valence-corrected chi connectivity index (χ1v) is 8.57. The summed E-state index contributed by atoms with van der Waals surface area (Å²) < 4.78 is 0. The third-order valence-electron chi connectivity index (χ3n) is 4.47. The highest BCUT2D eigenvalue weighted by atomic mass is 16.2. The standard InChI is InChI=1S/C19H31N3O2/c1-8-22(9-2)17(23)12-21(7)16(6)19(24)20-18-14(4)10-13(3)11-15(18)5/h10-11,16H,8-9,12H2,1-7H3,(H,20,24). The van der Waals surface area contributed by atoms with Crippen LogP contribution in [0, 0.1) is 20.8 Å². The second-order valence-corrected chi connectivity index (χ2v) is 6.42. The Morgan fingerprint density at radius 3 is 2.04 bits per heavy atom. The van der Waals surface area contributed by atoms with E-state index in [-0.39, 0.29) is 24.4 Å². The van der Waals surface area contributed by atoms with Crippen LogP contribution in [0.5, 0.6) is 0 Å². The molecule has 1 aromatic carbocycles. The number of anilines is 1. The molecule has 0 saturated heterocycles. The maximum absolute atomic E-state index is 12.6. The van der Waals surface area contributed by atoms with Gasteiger partial charge in [0.05, 0.1) is 12.6 Å². The van der Waals surface area contributed by atoms with Gasteiger partial charge in [-0.15, -0.1) is 0 Å². The molecule has 0 heterocycles. The minimum absolute atomic E-state index is 0.0462. The fourth-order valence-electron chi connectivity index (χ4n) is 2.83. The predicted octanol–water partition coefficient (Wildman–Crippen LogP) is 2.74. The van der Waals surface area contributed by atoms with Gasteiger partial charge in [0.2, 0.25) is 11.8 Å². The summed E-state index contributed by atoms with van der Waals surface area (Å²) in [5, 5.41) is 3.01. The average molecular weight is 333 g/mol. The lowest BCUT2D eigenvalue weighted by Gasteiger charge is -2.27. The first-order valence-electron chi connectivity index (χ1n) is 8.57. The van der Waals surface area contributed by atoms with Gasteiger partial charge in [-0.2, -0.15) is 0 Å². The minimum atomic E-state index is -0.385. The fraction of sp³-hybridized carbons (Fsp3) is 0.579. The van der Waals surface area contributed by atoms with Crippen LogP contribution >= 0.6 is 0 Å². The maximum Gasteiger partial charge on any atom is 0.241 e. The lowest BCUT2D eigenvalue weighted by atomic mass is 10.0. The van der Waals surface area contributed by atoms with Gasteiger partial charge in [-0.1, -0.05) is 17.7 Å². The Labute approximate surface area is 146 Å². The molecule has 0 aliphatic carbocycles. The van der Waals surface area contributed by atoms with Gasteiger partial charge >= 0.3 is 0 Å². The van der Waals surface area contributed by atoms with Crippen molar-refractivity contribution >= 4 is 17.5 Å². The summed E-state index contributed by atoms with van der Waals surface area (Å²) in [6.07, 6.45) is 0. The molecule has 1 atom stereocenters. The second kappa shape index (κ2) is 8.83. The van der Waals surface area contributed by atoms with Crippen LogP contribution in [0.25, 0.3) is 0 Å². The summed E-state index contributed by atoms with van der Waals surface area (Å²) in [4.78, 5) is 28.3. The third kappa shape index (κ3) is 5.06. The van der Waals surface area contributed by atoms with Crippen LogP contribution in [-0.4, -0.2) is 54.3 Å². The monoisotopic (exact) mass is 333 g/mol. The van der Waals surface area contributed by atoms with Crippen LogP contribution in [0.2, 0.25) is 0 Å². The van der Waals surface area contributed by atoms with E-state index in [1.165, 1.54) is 5.56 Å². The van der Waals surface area contributed by atoms with Crippen LogP contribution < -0.4 is 5.32 Å². The summed E-state index contributed by atoms with van der Waals surface area (Å²) in [7, 11) is 1.81. The van der Waals surface area contributed by atoms with E-state index in [2.05, 4.69) is 17.4 Å². The molecule has 0 fully saturated rings. The Bertz CT molecular complexity index is 571. The lowest BCUT2D eigenvalue weighted by Crippen LogP contribution is -2.46. The van der Waals surface area contributed by atoms with E-state index < -0.39 is 0 Å². The molecule has 5 nitrogen and oxygen atoms in total. The predicted molar refractivity (Wildman–Crippen MR) is 99.3 cm³/mol. The number of aryl methyl sites for hydroxylation is 3. The van der Waals surface area contributed by atoms with Crippen LogP contribution in [0.3, 0.4) is 0 Å². The molecular formula is C19H31N3O2. The molecule has 134 valence electrons. The van der Waals surface area contributed by atoms with Gasteiger partial charge in [0.25, 0.3) is 0 Å². The molecule has 0 radical (unpaired) electrons. The van der Waals surface area contributed by atoms with Crippen LogP contribution in [0.4, 0.5) is 5.69 Å². The number of nitrogens with one attached hydrogen (secondary N) is 1. The van der Waals surface area contributed by atoms with Gasteiger partial charge in [-0.05, 0) is 59.7 Å². The van der Waals surface area contributed by atoms with E-state index in [4.69, 9.17) is 0 Å². The van der Waals surface area contributed by atoms with Crippen LogP contribution in [0.15, 0.2) is 12.1 Å². The normalized spacial score (nSPS) is 12.2. The Balaban J connectivity index is 2.76. The summed E-state index contributed by atoms with van der Waals surface area (Å²) in [5.74, 6) is -0.0512. The lowest BCUT2D eigenvalue weighted by molar-refractivity contribution is -0.133. The molecule has 0 bridgehead atoms. The van der Waals surface area contributed by atoms with E-state index in [0.29, 0.717) is 13.1 Å². The summed E-state index contributed by atoms with van der Waals surface area (Å²) in [5.41, 5.74) is 4.14. The quantitative estimate of drug-likeness (QED) is 0.835. The summed E-state index contributed by atoms with van der Waals surface area (Å²) in [6, 6.07) is 3.73. The number of carbonyl (C=O) groups excluding carboxylic acids is 2. The molecule has 0 aromatic heterocycles. The zero-order valence-electron chi connectivity index (χ0n) is 16.1.